The van der Waals surface area contributed by atoms with E-state index < -0.39 is 27.7 Å². The molecule has 0 atom stereocenters. The van der Waals surface area contributed by atoms with Crippen molar-refractivity contribution in [3.63, 3.8) is 0 Å². The van der Waals surface area contributed by atoms with Gasteiger partial charge in [-0.1, -0.05) is 44.2 Å². The highest BCUT2D eigenvalue weighted by atomic mass is 32.2. The zero-order valence-corrected chi connectivity index (χ0v) is 19.8. The van der Waals surface area contributed by atoms with Crippen LogP contribution in [0, 0.1) is 5.92 Å². The molecule has 3 rings (SSSR count). The van der Waals surface area contributed by atoms with Crippen molar-refractivity contribution in [2.75, 3.05) is 4.72 Å². The van der Waals surface area contributed by atoms with Gasteiger partial charge >= 0.3 is 12.1 Å². The summed E-state index contributed by atoms with van der Waals surface area (Å²) in [6.45, 7) is 3.68. The number of carboxylic acids is 1. The first kappa shape index (κ1) is 26.1. The summed E-state index contributed by atoms with van der Waals surface area (Å²) >= 11 is 0. The molecule has 3 aromatic rings. The number of carbonyl (C=O) groups is 1. The summed E-state index contributed by atoms with van der Waals surface area (Å²) in [5.41, 5.74) is -0.0379. The molecule has 3 aromatic carbocycles. The Balaban J connectivity index is 1.94. The molecule has 0 unspecified atom stereocenters. The number of halogens is 3. The Morgan fingerprint density at radius 2 is 1.69 bits per heavy atom. The maximum absolute atomic E-state index is 13.3. The van der Waals surface area contributed by atoms with Crippen molar-refractivity contribution in [2.45, 2.75) is 37.9 Å². The van der Waals surface area contributed by atoms with Gasteiger partial charge in [-0.05, 0) is 59.9 Å². The van der Waals surface area contributed by atoms with Crippen molar-refractivity contribution < 1.29 is 36.2 Å². The molecule has 186 valence electrons. The SMILES string of the molecule is CC(C)Cc1ccccc1S(=O)(=O)Nc1ccc(C(F)(F)F)cc1OCc1ccc(C(=O)O)cc1. The van der Waals surface area contributed by atoms with E-state index in [0.29, 0.717) is 17.5 Å². The predicted octanol–water partition coefficient (Wildman–Crippen LogP) is 5.98. The quantitative estimate of drug-likeness (QED) is 0.372. The van der Waals surface area contributed by atoms with Gasteiger partial charge in [0.1, 0.15) is 12.4 Å². The number of hydrogen-bond acceptors (Lipinski definition) is 4. The summed E-state index contributed by atoms with van der Waals surface area (Å²) < 4.78 is 74.2. The minimum absolute atomic E-state index is 0.0313. The van der Waals surface area contributed by atoms with Crippen LogP contribution in [0.15, 0.2) is 71.6 Å². The van der Waals surface area contributed by atoms with Gasteiger partial charge in [-0.25, -0.2) is 13.2 Å². The number of carboxylic acid groups (broad SMARTS) is 1. The van der Waals surface area contributed by atoms with Crippen molar-refractivity contribution >= 4 is 21.7 Å². The van der Waals surface area contributed by atoms with E-state index in [1.165, 1.54) is 30.3 Å². The zero-order chi connectivity index (χ0) is 25.8. The molecule has 0 aromatic heterocycles. The minimum Gasteiger partial charge on any atom is -0.487 e. The summed E-state index contributed by atoms with van der Waals surface area (Å²) in [5.74, 6) is -1.25. The molecule has 0 aliphatic heterocycles. The summed E-state index contributed by atoms with van der Waals surface area (Å²) in [6.07, 6.45) is -4.16. The summed E-state index contributed by atoms with van der Waals surface area (Å²) in [7, 11) is -4.14. The Hall–Kier alpha value is -3.53. The van der Waals surface area contributed by atoms with E-state index in [-0.39, 0.29) is 34.4 Å². The van der Waals surface area contributed by atoms with Crippen LogP contribution in [0.2, 0.25) is 0 Å². The number of nitrogens with one attached hydrogen (secondary N) is 1. The first-order valence-corrected chi connectivity index (χ1v) is 12.1. The van der Waals surface area contributed by atoms with Crippen LogP contribution in [0.3, 0.4) is 0 Å². The highest BCUT2D eigenvalue weighted by molar-refractivity contribution is 7.92. The van der Waals surface area contributed by atoms with E-state index in [2.05, 4.69) is 4.72 Å². The highest BCUT2D eigenvalue weighted by Crippen LogP contribution is 2.36. The number of anilines is 1. The van der Waals surface area contributed by atoms with Gasteiger partial charge in [0.2, 0.25) is 0 Å². The van der Waals surface area contributed by atoms with Crippen molar-refractivity contribution in [3.8, 4) is 5.75 Å². The second kappa shape index (κ2) is 10.4. The normalized spacial score (nSPS) is 11.9. The number of hydrogen-bond donors (Lipinski definition) is 2. The van der Waals surface area contributed by atoms with Gasteiger partial charge in [0.05, 0.1) is 21.7 Å². The maximum atomic E-state index is 13.3. The van der Waals surface area contributed by atoms with E-state index in [0.717, 1.165) is 18.2 Å². The van der Waals surface area contributed by atoms with E-state index in [1.807, 2.05) is 13.8 Å². The first-order valence-electron chi connectivity index (χ1n) is 10.6. The van der Waals surface area contributed by atoms with Crippen LogP contribution in [0.25, 0.3) is 0 Å². The number of sulfonamides is 1. The third-order valence-corrected chi connectivity index (χ3v) is 6.50. The van der Waals surface area contributed by atoms with Crippen LogP contribution in [0.4, 0.5) is 18.9 Å². The molecule has 0 saturated heterocycles. The van der Waals surface area contributed by atoms with Crippen LogP contribution in [-0.2, 0) is 29.2 Å². The Morgan fingerprint density at radius 1 is 1.03 bits per heavy atom. The number of aromatic carboxylic acids is 1. The molecule has 10 heteroatoms. The van der Waals surface area contributed by atoms with E-state index in [1.54, 1.807) is 18.2 Å². The zero-order valence-electron chi connectivity index (χ0n) is 19.0. The van der Waals surface area contributed by atoms with Crippen LogP contribution in [-0.4, -0.2) is 19.5 Å². The summed E-state index contributed by atoms with van der Waals surface area (Å²) in [5, 5.41) is 8.99. The van der Waals surface area contributed by atoms with Gasteiger partial charge in [0.25, 0.3) is 10.0 Å². The second-order valence-electron chi connectivity index (χ2n) is 8.31. The van der Waals surface area contributed by atoms with Gasteiger partial charge in [0.15, 0.2) is 0 Å². The van der Waals surface area contributed by atoms with Crippen LogP contribution in [0.5, 0.6) is 5.75 Å². The van der Waals surface area contributed by atoms with Crippen LogP contribution in [0.1, 0.15) is 40.9 Å². The van der Waals surface area contributed by atoms with E-state index >= 15 is 0 Å². The molecule has 2 N–H and O–H groups in total. The molecule has 0 heterocycles. The fraction of sp³-hybridized carbons (Fsp3) is 0.240. The van der Waals surface area contributed by atoms with Crippen molar-refractivity contribution in [1.29, 1.82) is 0 Å². The highest BCUT2D eigenvalue weighted by Gasteiger charge is 2.32. The van der Waals surface area contributed by atoms with Crippen molar-refractivity contribution in [3.05, 3.63) is 89.0 Å². The molecule has 35 heavy (non-hydrogen) atoms. The molecule has 0 aliphatic rings. The number of ether oxygens (including phenoxy) is 1. The molecular formula is C25H24F3NO5S. The van der Waals surface area contributed by atoms with Gasteiger partial charge in [-0.2, -0.15) is 13.2 Å². The van der Waals surface area contributed by atoms with Gasteiger partial charge < -0.3 is 9.84 Å². The molecule has 0 aliphatic carbocycles. The summed E-state index contributed by atoms with van der Waals surface area (Å²) in [4.78, 5) is 11.0. The third kappa shape index (κ3) is 6.75. The summed E-state index contributed by atoms with van der Waals surface area (Å²) in [6, 6.07) is 14.5. The van der Waals surface area contributed by atoms with Crippen LogP contribution < -0.4 is 9.46 Å². The van der Waals surface area contributed by atoms with Crippen molar-refractivity contribution in [1.82, 2.24) is 0 Å². The van der Waals surface area contributed by atoms with Gasteiger partial charge in [-0.3, -0.25) is 4.72 Å². The first-order chi connectivity index (χ1) is 16.4. The second-order valence-corrected chi connectivity index (χ2v) is 9.96. The molecule has 6 nitrogen and oxygen atoms in total. The Labute approximate surface area is 201 Å². The average Bonchev–Trinajstić information content (AvgIpc) is 2.77. The minimum atomic E-state index is -4.66. The molecule has 0 radical (unpaired) electrons. The molecule has 0 bridgehead atoms. The number of alkyl halides is 3. The fourth-order valence-electron chi connectivity index (χ4n) is 3.38. The van der Waals surface area contributed by atoms with Gasteiger partial charge in [0, 0.05) is 0 Å². The largest absolute Gasteiger partial charge is 0.487 e. The lowest BCUT2D eigenvalue weighted by molar-refractivity contribution is -0.137. The molecule has 0 amide bonds. The number of rotatable bonds is 9. The Kier molecular flexibility index (Phi) is 7.74. The molecule has 0 spiro atoms. The molecular weight excluding hydrogens is 483 g/mol. The standard InChI is InChI=1S/C25H24F3NO5S/c1-16(2)13-19-5-3-4-6-23(19)35(32,33)29-21-12-11-20(25(26,27)28)14-22(21)34-15-17-7-9-18(10-8-17)24(30)31/h3-12,14,16,29H,13,15H2,1-2H3,(H,30,31). The fourth-order valence-corrected chi connectivity index (χ4v) is 4.70. The Morgan fingerprint density at radius 3 is 2.29 bits per heavy atom. The maximum Gasteiger partial charge on any atom is 0.416 e. The topological polar surface area (TPSA) is 92.7 Å². The lowest BCUT2D eigenvalue weighted by Crippen LogP contribution is -2.17. The van der Waals surface area contributed by atoms with E-state index in [9.17, 15) is 26.4 Å². The Bertz CT molecular complexity index is 1300. The van der Waals surface area contributed by atoms with Crippen LogP contribution >= 0.6 is 0 Å². The molecule has 0 saturated carbocycles. The third-order valence-electron chi connectivity index (χ3n) is 5.04. The average molecular weight is 508 g/mol. The smallest absolute Gasteiger partial charge is 0.416 e. The van der Waals surface area contributed by atoms with Crippen molar-refractivity contribution in [2.24, 2.45) is 5.92 Å². The molecule has 0 fully saturated rings. The number of benzene rings is 3. The van der Waals surface area contributed by atoms with Gasteiger partial charge in [-0.15, -0.1) is 0 Å². The lowest BCUT2D eigenvalue weighted by Gasteiger charge is -2.18. The van der Waals surface area contributed by atoms with E-state index in [4.69, 9.17) is 9.84 Å². The lowest BCUT2D eigenvalue weighted by atomic mass is 10.0. The predicted molar refractivity (Wildman–Crippen MR) is 125 cm³/mol. The monoisotopic (exact) mass is 507 g/mol.